The molecule has 7 heteroatoms. The van der Waals surface area contributed by atoms with Crippen molar-refractivity contribution in [3.8, 4) is 0 Å². The molecule has 0 saturated carbocycles. The largest absolute Gasteiger partial charge is 0.379 e. The van der Waals surface area contributed by atoms with E-state index in [-0.39, 0.29) is 0 Å². The van der Waals surface area contributed by atoms with E-state index in [1.54, 1.807) is 8.61 Å². The highest BCUT2D eigenvalue weighted by Crippen LogP contribution is 2.14. The van der Waals surface area contributed by atoms with Crippen molar-refractivity contribution >= 4 is 10.2 Å². The third-order valence-electron chi connectivity index (χ3n) is 3.81. The Morgan fingerprint density at radius 1 is 1.32 bits per heavy atom. The zero-order valence-electron chi connectivity index (χ0n) is 11.7. The minimum atomic E-state index is -3.33. The molecular weight excluding hydrogens is 266 g/mol. The van der Waals surface area contributed by atoms with Crippen LogP contribution < -0.4 is 5.32 Å². The molecule has 0 aromatic rings. The third kappa shape index (κ3) is 3.88. The molecule has 0 amide bonds. The molecule has 2 fully saturated rings. The van der Waals surface area contributed by atoms with E-state index in [9.17, 15) is 8.42 Å². The van der Waals surface area contributed by atoms with E-state index in [0.29, 0.717) is 45.4 Å². The molecule has 2 saturated heterocycles. The number of hydrogen-bond acceptors (Lipinski definition) is 4. The molecule has 2 aliphatic heterocycles. The predicted molar refractivity (Wildman–Crippen MR) is 74.2 cm³/mol. The molecule has 19 heavy (non-hydrogen) atoms. The van der Waals surface area contributed by atoms with Crippen LogP contribution in [-0.2, 0) is 14.9 Å². The number of piperidine rings is 1. The average Bonchev–Trinajstić information content (AvgIpc) is 2.46. The normalized spacial score (nSPS) is 26.7. The van der Waals surface area contributed by atoms with Crippen LogP contribution in [0.5, 0.6) is 0 Å². The smallest absolute Gasteiger partial charge is 0.282 e. The number of morpholine rings is 1. The average molecular weight is 291 g/mol. The molecule has 112 valence electrons. The summed E-state index contributed by atoms with van der Waals surface area (Å²) in [4.78, 5) is 0. The second kappa shape index (κ2) is 6.99. The lowest BCUT2D eigenvalue weighted by molar-refractivity contribution is 0.0700. The highest BCUT2D eigenvalue weighted by molar-refractivity contribution is 7.86. The topological polar surface area (TPSA) is 61.9 Å². The van der Waals surface area contributed by atoms with Crippen LogP contribution in [-0.4, -0.2) is 69.0 Å². The monoisotopic (exact) mass is 291 g/mol. The number of nitrogens with zero attached hydrogens (tertiary/aromatic N) is 2. The van der Waals surface area contributed by atoms with Crippen LogP contribution in [0, 0.1) is 0 Å². The summed E-state index contributed by atoms with van der Waals surface area (Å²) in [5.74, 6) is 0. The Kier molecular flexibility index (Phi) is 5.58. The molecule has 2 heterocycles. The summed E-state index contributed by atoms with van der Waals surface area (Å²) in [7, 11) is -3.33. The summed E-state index contributed by atoms with van der Waals surface area (Å²) >= 11 is 0. The molecule has 1 atom stereocenters. The molecule has 0 bridgehead atoms. The minimum absolute atomic E-state index is 0.296. The molecule has 1 unspecified atom stereocenters. The van der Waals surface area contributed by atoms with Crippen molar-refractivity contribution in [1.29, 1.82) is 0 Å². The van der Waals surface area contributed by atoms with Crippen molar-refractivity contribution in [3.05, 3.63) is 0 Å². The first-order chi connectivity index (χ1) is 9.14. The van der Waals surface area contributed by atoms with Crippen LogP contribution in [0.25, 0.3) is 0 Å². The van der Waals surface area contributed by atoms with Gasteiger partial charge in [0, 0.05) is 32.2 Å². The Morgan fingerprint density at radius 2 is 2.05 bits per heavy atom. The number of likely N-dealkylation sites (N-methyl/N-ethyl adjacent to an activating group) is 1. The SMILES string of the molecule is CCN(CC1CCCCN1)S(=O)(=O)N1CCOCC1. The summed E-state index contributed by atoms with van der Waals surface area (Å²) in [6, 6.07) is 0.296. The van der Waals surface area contributed by atoms with Crippen LogP contribution in [0.1, 0.15) is 26.2 Å². The van der Waals surface area contributed by atoms with Gasteiger partial charge in [-0.2, -0.15) is 17.0 Å². The molecule has 0 aromatic carbocycles. The van der Waals surface area contributed by atoms with Gasteiger partial charge in [0.15, 0.2) is 0 Å². The maximum Gasteiger partial charge on any atom is 0.282 e. The van der Waals surface area contributed by atoms with E-state index in [1.165, 1.54) is 12.8 Å². The van der Waals surface area contributed by atoms with E-state index < -0.39 is 10.2 Å². The number of nitrogens with one attached hydrogen (secondary N) is 1. The van der Waals surface area contributed by atoms with Crippen molar-refractivity contribution in [1.82, 2.24) is 13.9 Å². The van der Waals surface area contributed by atoms with Gasteiger partial charge in [0.05, 0.1) is 13.2 Å². The van der Waals surface area contributed by atoms with E-state index >= 15 is 0 Å². The van der Waals surface area contributed by atoms with E-state index in [1.807, 2.05) is 6.92 Å². The van der Waals surface area contributed by atoms with Crippen molar-refractivity contribution in [2.75, 3.05) is 45.9 Å². The molecule has 1 N–H and O–H groups in total. The standard InChI is InChI=1S/C12H25N3O3S/c1-2-14(11-12-5-3-4-6-13-12)19(16,17)15-7-9-18-10-8-15/h12-13H,2-11H2,1H3. The molecule has 0 aromatic heterocycles. The molecule has 2 aliphatic rings. The fraction of sp³-hybridized carbons (Fsp3) is 1.00. The number of hydrogen-bond donors (Lipinski definition) is 1. The first kappa shape index (κ1) is 15.2. The van der Waals surface area contributed by atoms with Gasteiger partial charge >= 0.3 is 0 Å². The van der Waals surface area contributed by atoms with E-state index in [2.05, 4.69) is 5.32 Å². The lowest BCUT2D eigenvalue weighted by atomic mass is 10.1. The summed E-state index contributed by atoms with van der Waals surface area (Å²) in [6.07, 6.45) is 3.45. The van der Waals surface area contributed by atoms with Gasteiger partial charge in [-0.05, 0) is 19.4 Å². The molecule has 0 spiro atoms. The van der Waals surface area contributed by atoms with Crippen molar-refractivity contribution in [2.24, 2.45) is 0 Å². The highest BCUT2D eigenvalue weighted by Gasteiger charge is 2.31. The lowest BCUT2D eigenvalue weighted by Gasteiger charge is -2.34. The zero-order chi connectivity index (χ0) is 13.7. The second-order valence-electron chi connectivity index (χ2n) is 5.12. The molecular formula is C12H25N3O3S. The van der Waals surface area contributed by atoms with Crippen LogP contribution >= 0.6 is 0 Å². The lowest BCUT2D eigenvalue weighted by Crippen LogP contribution is -2.52. The summed E-state index contributed by atoms with van der Waals surface area (Å²) in [5.41, 5.74) is 0. The second-order valence-corrected chi connectivity index (χ2v) is 7.05. The summed E-state index contributed by atoms with van der Waals surface area (Å²) in [6.45, 7) is 5.94. The molecule has 6 nitrogen and oxygen atoms in total. The predicted octanol–water partition coefficient (Wildman–Crippen LogP) is 0.0274. The summed E-state index contributed by atoms with van der Waals surface area (Å²) in [5, 5.41) is 3.41. The van der Waals surface area contributed by atoms with Gasteiger partial charge < -0.3 is 10.1 Å². The van der Waals surface area contributed by atoms with Crippen LogP contribution in [0.2, 0.25) is 0 Å². The number of rotatable bonds is 5. The van der Waals surface area contributed by atoms with E-state index in [4.69, 9.17) is 4.74 Å². The van der Waals surface area contributed by atoms with E-state index in [0.717, 1.165) is 13.0 Å². The van der Waals surface area contributed by atoms with Crippen molar-refractivity contribution in [3.63, 3.8) is 0 Å². The minimum Gasteiger partial charge on any atom is -0.379 e. The van der Waals surface area contributed by atoms with Gasteiger partial charge in [0.2, 0.25) is 0 Å². The fourth-order valence-electron chi connectivity index (χ4n) is 2.65. The molecule has 0 radical (unpaired) electrons. The summed E-state index contributed by atoms with van der Waals surface area (Å²) < 4.78 is 33.5. The quantitative estimate of drug-likeness (QED) is 0.776. The van der Waals surface area contributed by atoms with Gasteiger partial charge in [-0.25, -0.2) is 0 Å². The molecule has 2 rings (SSSR count). The van der Waals surface area contributed by atoms with Crippen LogP contribution in [0.15, 0.2) is 0 Å². The Labute approximate surface area is 116 Å². The Bertz CT molecular complexity index is 362. The Morgan fingerprint density at radius 3 is 2.63 bits per heavy atom. The maximum atomic E-state index is 12.6. The van der Waals surface area contributed by atoms with Gasteiger partial charge in [-0.3, -0.25) is 0 Å². The fourth-order valence-corrected chi connectivity index (χ4v) is 4.28. The van der Waals surface area contributed by atoms with Gasteiger partial charge in [0.1, 0.15) is 0 Å². The highest BCUT2D eigenvalue weighted by atomic mass is 32.2. The van der Waals surface area contributed by atoms with Gasteiger partial charge in [-0.15, -0.1) is 0 Å². The Hall–Kier alpha value is -0.210. The maximum absolute atomic E-state index is 12.6. The van der Waals surface area contributed by atoms with Crippen LogP contribution in [0.4, 0.5) is 0 Å². The van der Waals surface area contributed by atoms with Gasteiger partial charge in [0.25, 0.3) is 10.2 Å². The van der Waals surface area contributed by atoms with Crippen LogP contribution in [0.3, 0.4) is 0 Å². The first-order valence-corrected chi connectivity index (χ1v) is 8.60. The number of ether oxygens (including phenoxy) is 1. The third-order valence-corrected chi connectivity index (χ3v) is 5.89. The van der Waals surface area contributed by atoms with Gasteiger partial charge in [-0.1, -0.05) is 13.3 Å². The van der Waals surface area contributed by atoms with Crippen molar-refractivity contribution < 1.29 is 13.2 Å². The first-order valence-electron chi connectivity index (χ1n) is 7.21. The molecule has 0 aliphatic carbocycles. The Balaban J connectivity index is 1.98. The van der Waals surface area contributed by atoms with Crippen molar-refractivity contribution in [2.45, 2.75) is 32.2 Å². The zero-order valence-corrected chi connectivity index (χ0v) is 12.5.